The zero-order valence-electron chi connectivity index (χ0n) is 19.0. The van der Waals surface area contributed by atoms with E-state index in [2.05, 4.69) is 38.8 Å². The molecule has 4 N–H and O–H groups in total. The van der Waals surface area contributed by atoms with Gasteiger partial charge in [-0.05, 0) is 59.7 Å². The Labute approximate surface area is 208 Å². The van der Waals surface area contributed by atoms with E-state index in [0.717, 1.165) is 31.4 Å². The summed E-state index contributed by atoms with van der Waals surface area (Å²) in [7, 11) is -3.95. The molecular weight excluding hydrogens is 486 g/mol. The molecule has 2 aromatic heterocycles. The molecule has 0 saturated heterocycles. The van der Waals surface area contributed by atoms with Gasteiger partial charge in [-0.25, -0.2) is 15.1 Å². The second-order valence-electron chi connectivity index (χ2n) is 8.99. The summed E-state index contributed by atoms with van der Waals surface area (Å²) in [5, 5.41) is 13.9. The van der Waals surface area contributed by atoms with Crippen LogP contribution < -0.4 is 15.8 Å². The number of carbonyl (C=O) groups is 1. The number of ketones is 1. The highest BCUT2D eigenvalue weighted by molar-refractivity contribution is 7.84. The minimum Gasteiger partial charge on any atom is -0.367 e. The van der Waals surface area contributed by atoms with Crippen LogP contribution in [0.4, 0.5) is 5.82 Å². The molecule has 9 nitrogen and oxygen atoms in total. The molecule has 1 aliphatic heterocycles. The largest absolute Gasteiger partial charge is 0.367 e. The van der Waals surface area contributed by atoms with Gasteiger partial charge < -0.3 is 10.6 Å². The molecule has 1 fully saturated rings. The van der Waals surface area contributed by atoms with Gasteiger partial charge in [0.25, 0.3) is 0 Å². The summed E-state index contributed by atoms with van der Waals surface area (Å²) >= 11 is 1.42. The van der Waals surface area contributed by atoms with Crippen molar-refractivity contribution in [1.29, 1.82) is 0 Å². The molecule has 0 bridgehead atoms. The molecule has 2 aliphatic rings. The van der Waals surface area contributed by atoms with Crippen molar-refractivity contribution in [2.75, 3.05) is 18.5 Å². The van der Waals surface area contributed by atoms with Crippen LogP contribution in [-0.2, 0) is 20.9 Å². The Bertz CT molecular complexity index is 1330. The highest BCUT2D eigenvalue weighted by Gasteiger charge is 2.28. The summed E-state index contributed by atoms with van der Waals surface area (Å²) in [5.41, 5.74) is 4.08. The predicted octanol–water partition coefficient (Wildman–Crippen LogP) is 2.80. The second-order valence-corrected chi connectivity index (χ2v) is 11.1. The maximum Gasteiger partial charge on any atom is 0.333 e. The highest BCUT2D eigenvalue weighted by Crippen LogP contribution is 2.33. The topological polar surface area (TPSA) is 136 Å². The average molecular weight is 514 g/mol. The number of nitrogens with two attached hydrogens (primary N) is 1. The quantitative estimate of drug-likeness (QED) is 0.391. The normalized spacial score (nSPS) is 22.0. The van der Waals surface area contributed by atoms with Crippen LogP contribution in [0.5, 0.6) is 0 Å². The fourth-order valence-corrected chi connectivity index (χ4v) is 6.18. The van der Waals surface area contributed by atoms with Crippen molar-refractivity contribution in [2.24, 2.45) is 11.1 Å². The van der Waals surface area contributed by atoms with Crippen LogP contribution in [0, 0.1) is 5.92 Å². The minimum absolute atomic E-state index is 0.0485. The van der Waals surface area contributed by atoms with Gasteiger partial charge in [0.1, 0.15) is 12.1 Å². The van der Waals surface area contributed by atoms with E-state index in [1.54, 1.807) is 6.20 Å². The fraction of sp³-hybridized carbons (Fsp3) is 0.375. The van der Waals surface area contributed by atoms with E-state index in [4.69, 9.17) is 9.32 Å². The molecule has 0 amide bonds. The first kappa shape index (κ1) is 24.0. The molecule has 1 aliphatic carbocycles. The Kier molecular flexibility index (Phi) is 6.94. The summed E-state index contributed by atoms with van der Waals surface area (Å²) < 4.78 is 26.9. The monoisotopic (exact) mass is 513 g/mol. The molecule has 35 heavy (non-hydrogen) atoms. The van der Waals surface area contributed by atoms with Crippen molar-refractivity contribution in [3.63, 3.8) is 0 Å². The first-order valence-electron chi connectivity index (χ1n) is 11.6. The molecule has 1 aromatic carbocycles. The molecule has 3 heterocycles. The van der Waals surface area contributed by atoms with Gasteiger partial charge in [-0.15, -0.1) is 11.3 Å². The maximum absolute atomic E-state index is 13.4. The number of aromatic nitrogens is 2. The Morgan fingerprint density at radius 2 is 2.14 bits per heavy atom. The summed E-state index contributed by atoms with van der Waals surface area (Å²) in [6.07, 6.45) is 6.26. The third kappa shape index (κ3) is 5.60. The van der Waals surface area contributed by atoms with E-state index in [-0.39, 0.29) is 30.4 Å². The lowest BCUT2D eigenvalue weighted by atomic mass is 9.91. The third-order valence-corrected chi connectivity index (χ3v) is 8.00. The Morgan fingerprint density at radius 1 is 1.29 bits per heavy atom. The zero-order chi connectivity index (χ0) is 24.4. The van der Waals surface area contributed by atoms with Crippen LogP contribution in [0.3, 0.4) is 0 Å². The number of thiophene rings is 1. The van der Waals surface area contributed by atoms with Gasteiger partial charge in [-0.3, -0.25) is 8.98 Å². The molecule has 0 spiro atoms. The van der Waals surface area contributed by atoms with Crippen LogP contribution >= 0.6 is 11.3 Å². The van der Waals surface area contributed by atoms with Crippen molar-refractivity contribution in [2.45, 2.75) is 37.8 Å². The molecule has 5 rings (SSSR count). The highest BCUT2D eigenvalue weighted by atomic mass is 32.2. The lowest BCUT2D eigenvalue weighted by Gasteiger charge is -2.26. The second kappa shape index (κ2) is 10.1. The van der Waals surface area contributed by atoms with Gasteiger partial charge in [0.2, 0.25) is 5.78 Å². The smallest absolute Gasteiger partial charge is 0.333 e. The Balaban J connectivity index is 1.29. The van der Waals surface area contributed by atoms with Gasteiger partial charge >= 0.3 is 10.3 Å². The fourth-order valence-electron chi connectivity index (χ4n) is 4.91. The number of nitrogens with zero attached hydrogens (tertiary/aromatic N) is 2. The average Bonchev–Trinajstić information content (AvgIpc) is 3.52. The van der Waals surface area contributed by atoms with E-state index in [1.165, 1.54) is 28.8 Å². The number of nitrogens with one attached hydrogen (secondary N) is 2. The molecule has 3 aromatic rings. The zero-order valence-corrected chi connectivity index (χ0v) is 20.6. The SMILES string of the molecule is NS(=O)(=O)OC[C@@H]1CC[C@H](Nc2ncncc2C(=O)c2cc(C3NCCc4ccccc43)cs2)C1. The van der Waals surface area contributed by atoms with E-state index in [1.807, 2.05) is 17.5 Å². The van der Waals surface area contributed by atoms with Gasteiger partial charge in [0.05, 0.1) is 23.1 Å². The standard InChI is InChI=1S/C24H27N5O4S2/c25-35(31,32)33-12-15-5-6-18(9-15)29-24-20(11-26-14-28-24)23(30)21-10-17(13-34-21)22-19-4-2-1-3-16(19)7-8-27-22/h1-4,10-11,13-15,18,22,27H,5-9,12H2,(H2,25,31,32)(H,26,28,29)/t15-,18+,22?/m1/s1. The number of carbonyl (C=O) groups excluding carboxylic acids is 1. The molecule has 1 saturated carbocycles. The van der Waals surface area contributed by atoms with Crippen molar-refractivity contribution in [1.82, 2.24) is 15.3 Å². The number of anilines is 1. The Morgan fingerprint density at radius 3 is 3.00 bits per heavy atom. The van der Waals surface area contributed by atoms with Gasteiger partial charge in [0.15, 0.2) is 0 Å². The predicted molar refractivity (Wildman–Crippen MR) is 134 cm³/mol. The maximum atomic E-state index is 13.4. The first-order valence-corrected chi connectivity index (χ1v) is 13.9. The molecule has 3 atom stereocenters. The summed E-state index contributed by atoms with van der Waals surface area (Å²) in [6.45, 7) is 0.953. The van der Waals surface area contributed by atoms with Crippen LogP contribution in [0.2, 0.25) is 0 Å². The molecule has 0 radical (unpaired) electrons. The summed E-state index contributed by atoms with van der Waals surface area (Å²) in [4.78, 5) is 22.5. The van der Waals surface area contributed by atoms with E-state index >= 15 is 0 Å². The molecule has 184 valence electrons. The van der Waals surface area contributed by atoms with Crippen LogP contribution in [0.25, 0.3) is 0 Å². The summed E-state index contributed by atoms with van der Waals surface area (Å²) in [6, 6.07) is 10.5. The minimum atomic E-state index is -3.95. The number of hydrogen-bond acceptors (Lipinski definition) is 9. The van der Waals surface area contributed by atoms with Crippen LogP contribution in [0.15, 0.2) is 48.2 Å². The number of rotatable bonds is 8. The lowest BCUT2D eigenvalue weighted by molar-refractivity contribution is 0.104. The van der Waals surface area contributed by atoms with E-state index in [0.29, 0.717) is 22.7 Å². The third-order valence-electron chi connectivity index (χ3n) is 6.59. The van der Waals surface area contributed by atoms with Gasteiger partial charge in [0, 0.05) is 18.8 Å². The van der Waals surface area contributed by atoms with E-state index in [9.17, 15) is 13.2 Å². The lowest BCUT2D eigenvalue weighted by Crippen LogP contribution is -2.30. The van der Waals surface area contributed by atoms with Crippen molar-refractivity contribution >= 4 is 33.2 Å². The number of hydrogen-bond donors (Lipinski definition) is 3. The van der Waals surface area contributed by atoms with Crippen molar-refractivity contribution in [3.8, 4) is 0 Å². The van der Waals surface area contributed by atoms with Gasteiger partial charge in [-0.1, -0.05) is 24.3 Å². The Hall–Kier alpha value is -2.70. The molecule has 11 heteroatoms. The van der Waals surface area contributed by atoms with Crippen molar-refractivity contribution in [3.05, 3.63) is 75.4 Å². The number of benzene rings is 1. The van der Waals surface area contributed by atoms with Crippen LogP contribution in [0.1, 0.15) is 57.2 Å². The molecular formula is C24H27N5O4S2. The van der Waals surface area contributed by atoms with Gasteiger partial charge in [-0.2, -0.15) is 8.42 Å². The van der Waals surface area contributed by atoms with Crippen molar-refractivity contribution < 1.29 is 17.4 Å². The first-order chi connectivity index (χ1) is 16.9. The number of fused-ring (bicyclic) bond motifs is 1. The molecule has 1 unspecified atom stereocenters. The summed E-state index contributed by atoms with van der Waals surface area (Å²) in [5.74, 6) is 0.428. The van der Waals surface area contributed by atoms with E-state index < -0.39 is 10.3 Å². The van der Waals surface area contributed by atoms with Crippen LogP contribution in [-0.4, -0.2) is 43.4 Å².